The van der Waals surface area contributed by atoms with Gasteiger partial charge in [-0.05, 0) is 18.2 Å². The van der Waals surface area contributed by atoms with E-state index in [1.165, 1.54) is 24.4 Å². The van der Waals surface area contributed by atoms with Crippen LogP contribution in [0.15, 0.2) is 36.5 Å². The largest absolute Gasteiger partial charge is 0.457 e. The molecule has 1 aromatic carbocycles. The Morgan fingerprint density at radius 1 is 1.24 bits per heavy atom. The van der Waals surface area contributed by atoms with E-state index in [9.17, 15) is 4.39 Å². The van der Waals surface area contributed by atoms with E-state index in [1.807, 2.05) is 0 Å². The summed E-state index contributed by atoms with van der Waals surface area (Å²) in [6, 6.07) is 7.32. The van der Waals surface area contributed by atoms with Crippen LogP contribution in [0.5, 0.6) is 11.5 Å². The topological polar surface area (TPSA) is 42.4 Å². The average molecular weight is 254 g/mol. The number of hydrogen-bond donors (Lipinski definition) is 1. The molecule has 0 aliphatic rings. The van der Waals surface area contributed by atoms with Gasteiger partial charge >= 0.3 is 0 Å². The van der Waals surface area contributed by atoms with Gasteiger partial charge in [-0.15, -0.1) is 0 Å². The highest BCUT2D eigenvalue weighted by Gasteiger charge is 2.03. The maximum Gasteiger partial charge on any atom is 0.142 e. The minimum absolute atomic E-state index is 0.000984. The van der Waals surface area contributed by atoms with E-state index in [4.69, 9.17) is 21.4 Å². The van der Waals surface area contributed by atoms with Gasteiger partial charge in [-0.2, -0.15) is 0 Å². The number of halogens is 2. The molecule has 0 saturated carbocycles. The van der Waals surface area contributed by atoms with E-state index in [0.29, 0.717) is 17.2 Å². The Morgan fingerprint density at radius 3 is 2.71 bits per heavy atom. The number of hydrogen-bond acceptors (Lipinski definition) is 3. The quantitative estimate of drug-likeness (QED) is 0.914. The number of aliphatic hydroxyl groups excluding tert-OH is 1. The molecule has 0 unspecified atom stereocenters. The Hall–Kier alpha value is -1.65. The minimum Gasteiger partial charge on any atom is -0.457 e. The first-order valence-electron chi connectivity index (χ1n) is 4.88. The zero-order chi connectivity index (χ0) is 12.3. The Kier molecular flexibility index (Phi) is 3.56. The van der Waals surface area contributed by atoms with Gasteiger partial charge in [-0.1, -0.05) is 11.6 Å². The van der Waals surface area contributed by atoms with Crippen molar-refractivity contribution in [1.29, 1.82) is 0 Å². The average Bonchev–Trinajstić information content (AvgIpc) is 2.34. The van der Waals surface area contributed by atoms with Crippen LogP contribution in [0.2, 0.25) is 5.02 Å². The second kappa shape index (κ2) is 5.12. The summed E-state index contributed by atoms with van der Waals surface area (Å²) in [6.07, 6.45) is 1.52. The lowest BCUT2D eigenvalue weighted by Gasteiger charge is -2.06. The molecule has 0 bridgehead atoms. The van der Waals surface area contributed by atoms with Gasteiger partial charge in [0.15, 0.2) is 0 Å². The molecule has 1 N–H and O–H groups in total. The summed E-state index contributed by atoms with van der Waals surface area (Å²) in [5, 5.41) is 8.92. The fourth-order valence-electron chi connectivity index (χ4n) is 1.28. The second-order valence-electron chi connectivity index (χ2n) is 3.32. The van der Waals surface area contributed by atoms with Crippen molar-refractivity contribution in [2.45, 2.75) is 6.61 Å². The highest BCUT2D eigenvalue weighted by molar-refractivity contribution is 6.30. The summed E-state index contributed by atoms with van der Waals surface area (Å²) in [5.74, 6) is 0.433. The zero-order valence-corrected chi connectivity index (χ0v) is 9.49. The van der Waals surface area contributed by atoms with Crippen LogP contribution in [0.4, 0.5) is 4.39 Å². The molecule has 0 radical (unpaired) electrons. The molecule has 88 valence electrons. The fourth-order valence-corrected chi connectivity index (χ4v) is 1.45. The van der Waals surface area contributed by atoms with Crippen LogP contribution in [0.25, 0.3) is 0 Å². The van der Waals surface area contributed by atoms with Crippen molar-refractivity contribution in [3.05, 3.63) is 53.1 Å². The van der Waals surface area contributed by atoms with Crippen LogP contribution in [-0.4, -0.2) is 10.1 Å². The third kappa shape index (κ3) is 2.93. The number of benzene rings is 1. The van der Waals surface area contributed by atoms with Crippen molar-refractivity contribution in [2.75, 3.05) is 0 Å². The van der Waals surface area contributed by atoms with Gasteiger partial charge in [0.05, 0.1) is 17.3 Å². The van der Waals surface area contributed by atoms with Gasteiger partial charge in [-0.25, -0.2) is 4.39 Å². The van der Waals surface area contributed by atoms with E-state index < -0.39 is 5.82 Å². The lowest BCUT2D eigenvalue weighted by Crippen LogP contribution is -1.91. The van der Waals surface area contributed by atoms with Gasteiger partial charge < -0.3 is 9.84 Å². The molecule has 0 spiro atoms. The minimum atomic E-state index is -0.496. The van der Waals surface area contributed by atoms with Crippen molar-refractivity contribution in [2.24, 2.45) is 0 Å². The van der Waals surface area contributed by atoms with Crippen molar-refractivity contribution >= 4 is 11.6 Å². The molecule has 0 atom stereocenters. The first-order chi connectivity index (χ1) is 8.19. The predicted octanol–water partition coefficient (Wildman–Crippen LogP) is 3.16. The number of nitrogens with zero attached hydrogens (tertiary/aromatic N) is 1. The predicted molar refractivity (Wildman–Crippen MR) is 61.6 cm³/mol. The van der Waals surface area contributed by atoms with Crippen molar-refractivity contribution in [1.82, 2.24) is 4.98 Å². The van der Waals surface area contributed by atoms with Gasteiger partial charge in [0, 0.05) is 18.3 Å². The molecule has 17 heavy (non-hydrogen) atoms. The fraction of sp³-hybridized carbons (Fsp3) is 0.0833. The molecule has 0 amide bonds. The maximum atomic E-state index is 12.9. The Bertz CT molecular complexity index is 534. The van der Waals surface area contributed by atoms with Gasteiger partial charge in [-0.3, -0.25) is 4.98 Å². The molecule has 3 nitrogen and oxygen atoms in total. The normalized spacial score (nSPS) is 10.3. The molecule has 2 rings (SSSR count). The number of rotatable bonds is 3. The summed E-state index contributed by atoms with van der Waals surface area (Å²) in [7, 11) is 0. The summed E-state index contributed by atoms with van der Waals surface area (Å²) < 4.78 is 18.4. The highest BCUT2D eigenvalue weighted by Crippen LogP contribution is 2.26. The summed E-state index contributed by atoms with van der Waals surface area (Å²) >= 11 is 5.63. The number of ether oxygens (including phenoxy) is 1. The monoisotopic (exact) mass is 253 g/mol. The molecular formula is C12H9ClFNO2. The lowest BCUT2D eigenvalue weighted by atomic mass is 10.3. The molecule has 5 heteroatoms. The van der Waals surface area contributed by atoms with Crippen LogP contribution < -0.4 is 4.74 Å². The number of aromatic nitrogens is 1. The van der Waals surface area contributed by atoms with Crippen molar-refractivity contribution < 1.29 is 14.2 Å². The molecule has 2 aromatic rings. The number of pyridine rings is 1. The zero-order valence-electron chi connectivity index (χ0n) is 8.73. The molecular weight excluding hydrogens is 245 g/mol. The summed E-state index contributed by atoms with van der Waals surface area (Å²) in [6.45, 7) is -0.165. The SMILES string of the molecule is OCc1cc(Oc2ccc(F)c(Cl)c2)ccn1. The third-order valence-corrected chi connectivity index (χ3v) is 2.37. The molecule has 0 aliphatic heterocycles. The lowest BCUT2D eigenvalue weighted by molar-refractivity contribution is 0.276. The molecule has 1 heterocycles. The van der Waals surface area contributed by atoms with E-state index in [0.717, 1.165) is 0 Å². The van der Waals surface area contributed by atoms with Crippen LogP contribution in [0, 0.1) is 5.82 Å². The first-order valence-corrected chi connectivity index (χ1v) is 5.25. The molecule has 0 saturated heterocycles. The van der Waals surface area contributed by atoms with E-state index in [2.05, 4.69) is 4.98 Å². The van der Waals surface area contributed by atoms with Gasteiger partial charge in [0.25, 0.3) is 0 Å². The summed E-state index contributed by atoms with van der Waals surface area (Å²) in [5.41, 5.74) is 0.496. The van der Waals surface area contributed by atoms with Crippen LogP contribution >= 0.6 is 11.6 Å². The molecule has 1 aromatic heterocycles. The van der Waals surface area contributed by atoms with Gasteiger partial charge in [0.2, 0.25) is 0 Å². The first kappa shape index (κ1) is 11.8. The highest BCUT2D eigenvalue weighted by atomic mass is 35.5. The van der Waals surface area contributed by atoms with Crippen molar-refractivity contribution in [3.63, 3.8) is 0 Å². The van der Waals surface area contributed by atoms with Crippen LogP contribution in [0.3, 0.4) is 0 Å². The molecule has 0 aliphatic carbocycles. The maximum absolute atomic E-state index is 12.9. The molecule has 0 fully saturated rings. The van der Waals surface area contributed by atoms with E-state index in [-0.39, 0.29) is 11.6 Å². The van der Waals surface area contributed by atoms with Crippen LogP contribution in [-0.2, 0) is 6.61 Å². The smallest absolute Gasteiger partial charge is 0.142 e. The summed E-state index contributed by atoms with van der Waals surface area (Å²) in [4.78, 5) is 3.92. The van der Waals surface area contributed by atoms with Gasteiger partial charge in [0.1, 0.15) is 17.3 Å². The van der Waals surface area contributed by atoms with Crippen molar-refractivity contribution in [3.8, 4) is 11.5 Å². The standard InChI is InChI=1S/C12H9ClFNO2/c13-11-6-9(1-2-12(11)14)17-10-3-4-15-8(5-10)7-16/h1-6,16H,7H2. The third-order valence-electron chi connectivity index (χ3n) is 2.08. The van der Waals surface area contributed by atoms with Crippen LogP contribution in [0.1, 0.15) is 5.69 Å². The Morgan fingerprint density at radius 2 is 2.00 bits per heavy atom. The van der Waals surface area contributed by atoms with E-state index in [1.54, 1.807) is 12.1 Å². The second-order valence-corrected chi connectivity index (χ2v) is 3.73. The Balaban J connectivity index is 2.22. The Labute approximate surface area is 102 Å². The van der Waals surface area contributed by atoms with E-state index >= 15 is 0 Å². The number of aliphatic hydroxyl groups is 1.